The molecule has 0 bridgehead atoms. The van der Waals surface area contributed by atoms with Crippen LogP contribution in [0.4, 0.5) is 13.2 Å². The molecule has 23 heavy (non-hydrogen) atoms. The second-order valence-corrected chi connectivity index (χ2v) is 8.03. The van der Waals surface area contributed by atoms with Gasteiger partial charge in [0, 0.05) is 6.54 Å². The standard InChI is InChI=1S/C13H14F3N3O2S2/c14-13(15,16)8-19(7-9-3-1-4-9)23(20,21)11-6-2-5-10-12(11)18-22-17-10/h2,5-6,9H,1,3-4,7-8H2. The van der Waals surface area contributed by atoms with Crippen LogP contribution in [-0.2, 0) is 10.0 Å². The van der Waals surface area contributed by atoms with Gasteiger partial charge in [0.25, 0.3) is 0 Å². The molecular formula is C13H14F3N3O2S2. The largest absolute Gasteiger partial charge is 0.402 e. The molecule has 126 valence electrons. The van der Waals surface area contributed by atoms with Crippen molar-refractivity contribution in [3.8, 4) is 0 Å². The molecule has 10 heteroatoms. The Balaban J connectivity index is 2.00. The van der Waals surface area contributed by atoms with Crippen LogP contribution in [0, 0.1) is 5.92 Å². The maximum Gasteiger partial charge on any atom is 0.402 e. The highest BCUT2D eigenvalue weighted by molar-refractivity contribution is 7.89. The van der Waals surface area contributed by atoms with E-state index >= 15 is 0 Å². The first kappa shape index (κ1) is 16.6. The third-order valence-electron chi connectivity index (χ3n) is 3.91. The number of hydrogen-bond acceptors (Lipinski definition) is 5. The zero-order valence-corrected chi connectivity index (χ0v) is 13.6. The molecule has 2 aromatic rings. The third-order valence-corrected chi connectivity index (χ3v) is 6.29. The van der Waals surface area contributed by atoms with Crippen molar-refractivity contribution in [2.75, 3.05) is 13.1 Å². The molecule has 3 rings (SSSR count). The van der Waals surface area contributed by atoms with E-state index in [0.717, 1.165) is 31.0 Å². The van der Waals surface area contributed by atoms with E-state index in [4.69, 9.17) is 0 Å². The lowest BCUT2D eigenvalue weighted by Crippen LogP contribution is -2.43. The van der Waals surface area contributed by atoms with Crippen molar-refractivity contribution < 1.29 is 21.6 Å². The second-order valence-electron chi connectivity index (χ2n) is 5.60. The number of benzene rings is 1. The van der Waals surface area contributed by atoms with E-state index in [1.54, 1.807) is 6.07 Å². The van der Waals surface area contributed by atoms with Crippen LogP contribution in [0.1, 0.15) is 19.3 Å². The molecule has 1 saturated carbocycles. The highest BCUT2D eigenvalue weighted by Crippen LogP contribution is 2.32. The van der Waals surface area contributed by atoms with Crippen LogP contribution in [0.2, 0.25) is 0 Å². The van der Waals surface area contributed by atoms with Crippen LogP contribution in [0.3, 0.4) is 0 Å². The summed E-state index contributed by atoms with van der Waals surface area (Å²) < 4.78 is 72.5. The van der Waals surface area contributed by atoms with Gasteiger partial charge in [-0.3, -0.25) is 0 Å². The summed E-state index contributed by atoms with van der Waals surface area (Å²) in [5, 5.41) is 0. The Morgan fingerprint density at radius 1 is 1.26 bits per heavy atom. The highest BCUT2D eigenvalue weighted by atomic mass is 32.2. The smallest absolute Gasteiger partial charge is 0.207 e. The van der Waals surface area contributed by atoms with Gasteiger partial charge in [-0.25, -0.2) is 8.42 Å². The number of fused-ring (bicyclic) bond motifs is 1. The summed E-state index contributed by atoms with van der Waals surface area (Å²) >= 11 is 0.832. The van der Waals surface area contributed by atoms with Gasteiger partial charge in [0.1, 0.15) is 22.5 Å². The van der Waals surface area contributed by atoms with Gasteiger partial charge < -0.3 is 0 Å². The zero-order valence-electron chi connectivity index (χ0n) is 12.0. The first-order chi connectivity index (χ1) is 10.8. The summed E-state index contributed by atoms with van der Waals surface area (Å²) in [5.74, 6) is -0.0140. The van der Waals surface area contributed by atoms with Crippen LogP contribution in [-0.4, -0.2) is 40.7 Å². The molecule has 0 saturated heterocycles. The molecule has 0 atom stereocenters. The van der Waals surface area contributed by atoms with Gasteiger partial charge in [-0.05, 0) is 30.9 Å². The molecule has 1 aromatic heterocycles. The third kappa shape index (κ3) is 3.48. The number of rotatable bonds is 5. The van der Waals surface area contributed by atoms with Crippen molar-refractivity contribution in [2.24, 2.45) is 5.92 Å². The van der Waals surface area contributed by atoms with Crippen molar-refractivity contribution >= 4 is 32.8 Å². The first-order valence-corrected chi connectivity index (χ1v) is 9.22. The van der Waals surface area contributed by atoms with Crippen molar-refractivity contribution in [1.29, 1.82) is 0 Å². The van der Waals surface area contributed by atoms with Gasteiger partial charge in [0.05, 0.1) is 11.7 Å². The fourth-order valence-corrected chi connectivity index (χ4v) is 4.79. The Kier molecular flexibility index (Phi) is 4.32. The van der Waals surface area contributed by atoms with Gasteiger partial charge in [0.15, 0.2) is 0 Å². The number of halogens is 3. The van der Waals surface area contributed by atoms with E-state index in [1.165, 1.54) is 12.1 Å². The highest BCUT2D eigenvalue weighted by Gasteiger charge is 2.39. The number of alkyl halides is 3. The lowest BCUT2D eigenvalue weighted by atomic mass is 9.85. The van der Waals surface area contributed by atoms with E-state index in [-0.39, 0.29) is 22.9 Å². The number of aromatic nitrogens is 2. The minimum atomic E-state index is -4.59. The van der Waals surface area contributed by atoms with E-state index in [1.807, 2.05) is 0 Å². The van der Waals surface area contributed by atoms with E-state index in [0.29, 0.717) is 9.82 Å². The van der Waals surface area contributed by atoms with Gasteiger partial charge in [-0.15, -0.1) is 0 Å². The Hall–Kier alpha value is -1.26. The van der Waals surface area contributed by atoms with Gasteiger partial charge in [-0.2, -0.15) is 26.2 Å². The molecule has 1 aliphatic rings. The van der Waals surface area contributed by atoms with Crippen molar-refractivity contribution in [1.82, 2.24) is 13.1 Å². The Labute approximate surface area is 135 Å². The average molecular weight is 365 g/mol. The summed E-state index contributed by atoms with van der Waals surface area (Å²) in [7, 11) is -4.28. The van der Waals surface area contributed by atoms with Crippen molar-refractivity contribution in [2.45, 2.75) is 30.3 Å². The summed E-state index contributed by atoms with van der Waals surface area (Å²) in [6.07, 6.45) is -2.15. The van der Waals surface area contributed by atoms with Gasteiger partial charge in [0.2, 0.25) is 10.0 Å². The van der Waals surface area contributed by atoms with Crippen LogP contribution in [0.5, 0.6) is 0 Å². The normalized spacial score (nSPS) is 16.9. The molecule has 0 unspecified atom stereocenters. The van der Waals surface area contributed by atoms with Crippen LogP contribution in [0.25, 0.3) is 11.0 Å². The van der Waals surface area contributed by atoms with E-state index in [2.05, 4.69) is 8.75 Å². The quantitative estimate of drug-likeness (QED) is 0.817. The van der Waals surface area contributed by atoms with E-state index in [9.17, 15) is 21.6 Å². The lowest BCUT2D eigenvalue weighted by molar-refractivity contribution is -0.137. The van der Waals surface area contributed by atoms with Gasteiger partial charge in [-0.1, -0.05) is 12.5 Å². The molecule has 1 aliphatic carbocycles. The molecule has 1 heterocycles. The molecule has 5 nitrogen and oxygen atoms in total. The molecule has 0 aliphatic heterocycles. The van der Waals surface area contributed by atoms with Crippen LogP contribution in [0.15, 0.2) is 23.1 Å². The Bertz CT molecular complexity index is 800. The molecular weight excluding hydrogens is 351 g/mol. The van der Waals surface area contributed by atoms with Gasteiger partial charge >= 0.3 is 6.18 Å². The minimum absolute atomic E-state index is 0.0140. The summed E-state index contributed by atoms with van der Waals surface area (Å²) in [4.78, 5) is -0.215. The Morgan fingerprint density at radius 2 is 2.00 bits per heavy atom. The lowest BCUT2D eigenvalue weighted by Gasteiger charge is -2.32. The molecule has 0 radical (unpaired) electrons. The van der Waals surface area contributed by atoms with Crippen LogP contribution >= 0.6 is 11.7 Å². The monoisotopic (exact) mass is 365 g/mol. The fourth-order valence-electron chi connectivity index (χ4n) is 2.54. The fraction of sp³-hybridized carbons (Fsp3) is 0.538. The van der Waals surface area contributed by atoms with E-state index < -0.39 is 22.7 Å². The maximum absolute atomic E-state index is 12.8. The second kappa shape index (κ2) is 5.99. The molecule has 0 amide bonds. The van der Waals surface area contributed by atoms with Crippen molar-refractivity contribution in [3.05, 3.63) is 18.2 Å². The van der Waals surface area contributed by atoms with Crippen LogP contribution < -0.4 is 0 Å². The topological polar surface area (TPSA) is 63.2 Å². The molecule has 0 N–H and O–H groups in total. The summed E-state index contributed by atoms with van der Waals surface area (Å²) in [6.45, 7) is -1.60. The summed E-state index contributed by atoms with van der Waals surface area (Å²) in [5.41, 5.74) is 0.491. The van der Waals surface area contributed by atoms with Crippen molar-refractivity contribution in [3.63, 3.8) is 0 Å². The molecule has 1 aromatic carbocycles. The number of hydrogen-bond donors (Lipinski definition) is 0. The average Bonchev–Trinajstić information content (AvgIpc) is 2.87. The first-order valence-electron chi connectivity index (χ1n) is 7.05. The maximum atomic E-state index is 12.8. The predicted molar refractivity (Wildman–Crippen MR) is 79.6 cm³/mol. The molecule has 0 spiro atoms. The summed E-state index contributed by atoms with van der Waals surface area (Å²) in [6, 6.07) is 4.33. The number of nitrogens with zero attached hydrogens (tertiary/aromatic N) is 3. The number of sulfonamides is 1. The predicted octanol–water partition coefficient (Wildman–Crippen LogP) is 3.04. The molecule has 1 fully saturated rings. The SMILES string of the molecule is O=S(=O)(c1cccc2nsnc12)N(CC1CCC1)CC(F)(F)F. The Morgan fingerprint density at radius 3 is 2.61 bits per heavy atom. The minimum Gasteiger partial charge on any atom is -0.207 e. The zero-order chi connectivity index (χ0) is 16.7.